The molecular formula is C19H24Br2N2O2. The highest BCUT2D eigenvalue weighted by molar-refractivity contribution is 9.11. The molecule has 0 bridgehead atoms. The molecule has 0 aliphatic rings. The molecule has 25 heavy (non-hydrogen) atoms. The van der Waals surface area contributed by atoms with E-state index < -0.39 is 0 Å². The van der Waals surface area contributed by atoms with Gasteiger partial charge in [0.15, 0.2) is 0 Å². The maximum absolute atomic E-state index is 10.1. The van der Waals surface area contributed by atoms with Gasteiger partial charge in [-0.15, -0.1) is 0 Å². The normalized spacial score (nSPS) is 11.3. The fraction of sp³-hybridized carbons (Fsp3) is 0.368. The van der Waals surface area contributed by atoms with Crippen LogP contribution in [0.15, 0.2) is 45.3 Å². The van der Waals surface area contributed by atoms with Crippen LogP contribution in [0.1, 0.15) is 11.1 Å². The minimum atomic E-state index is 0.333. The number of nitrogens with zero attached hydrogens (tertiary/aromatic N) is 2. The number of halogens is 2. The summed E-state index contributed by atoms with van der Waals surface area (Å²) in [5.41, 5.74) is 2.02. The molecule has 0 unspecified atom stereocenters. The number of rotatable bonds is 8. The Kier molecular flexibility index (Phi) is 7.75. The Labute approximate surface area is 166 Å². The van der Waals surface area contributed by atoms with E-state index in [0.717, 1.165) is 45.5 Å². The lowest BCUT2D eigenvalue weighted by Crippen LogP contribution is -2.31. The van der Waals surface area contributed by atoms with Gasteiger partial charge in [0.1, 0.15) is 11.5 Å². The molecular weight excluding hydrogens is 448 g/mol. The Morgan fingerprint density at radius 2 is 1.68 bits per heavy atom. The average molecular weight is 472 g/mol. The second-order valence-corrected chi connectivity index (χ2v) is 7.99. The van der Waals surface area contributed by atoms with E-state index in [0.29, 0.717) is 12.3 Å². The fourth-order valence-electron chi connectivity index (χ4n) is 2.64. The van der Waals surface area contributed by atoms with Crippen LogP contribution in [-0.4, -0.2) is 49.2 Å². The van der Waals surface area contributed by atoms with Gasteiger partial charge in [-0.25, -0.2) is 0 Å². The molecule has 0 radical (unpaired) electrons. The third-order valence-electron chi connectivity index (χ3n) is 3.93. The van der Waals surface area contributed by atoms with Crippen LogP contribution in [0.25, 0.3) is 0 Å². The Hall–Kier alpha value is -1.08. The first-order valence-corrected chi connectivity index (χ1v) is 9.65. The van der Waals surface area contributed by atoms with Gasteiger partial charge < -0.3 is 14.7 Å². The van der Waals surface area contributed by atoms with Crippen molar-refractivity contribution in [3.8, 4) is 11.5 Å². The van der Waals surface area contributed by atoms with Crippen LogP contribution < -0.4 is 4.74 Å². The molecule has 1 N–H and O–H groups in total. The fourth-order valence-corrected chi connectivity index (χ4v) is 4.12. The van der Waals surface area contributed by atoms with Crippen molar-refractivity contribution in [3.05, 3.63) is 56.5 Å². The van der Waals surface area contributed by atoms with Crippen LogP contribution in [0.4, 0.5) is 0 Å². The van der Waals surface area contributed by atoms with Crippen molar-refractivity contribution in [1.29, 1.82) is 0 Å². The van der Waals surface area contributed by atoms with Crippen LogP contribution in [0.3, 0.4) is 0 Å². The maximum Gasteiger partial charge on any atom is 0.137 e. The summed E-state index contributed by atoms with van der Waals surface area (Å²) in [7, 11) is 5.81. The van der Waals surface area contributed by atoms with Crippen LogP contribution in [0.5, 0.6) is 11.5 Å². The number of hydrogen-bond donors (Lipinski definition) is 1. The van der Waals surface area contributed by atoms with Gasteiger partial charge in [-0.05, 0) is 48.2 Å². The summed E-state index contributed by atoms with van der Waals surface area (Å²) < 4.78 is 7.51. The standard InChI is InChI=1S/C19H24Br2N2O2/c1-22(2)8-9-23(12-14-6-4-5-7-18(14)24)13-15-10-16(20)11-17(21)19(15)25-3/h4-7,10-11,24H,8-9,12-13H2,1-3H3. The number of methoxy groups -OCH3 is 1. The largest absolute Gasteiger partial charge is 0.508 e. The number of phenols is 1. The summed E-state index contributed by atoms with van der Waals surface area (Å²) >= 11 is 7.12. The zero-order chi connectivity index (χ0) is 18.4. The Balaban J connectivity index is 2.25. The highest BCUT2D eigenvalue weighted by atomic mass is 79.9. The number of benzene rings is 2. The molecule has 0 spiro atoms. The van der Waals surface area contributed by atoms with E-state index in [2.05, 4.69) is 61.8 Å². The third kappa shape index (κ3) is 5.99. The molecule has 0 aliphatic heterocycles. The molecule has 0 fully saturated rings. The van der Waals surface area contributed by atoms with Crippen molar-refractivity contribution in [2.24, 2.45) is 0 Å². The van der Waals surface area contributed by atoms with Gasteiger partial charge in [0.2, 0.25) is 0 Å². The predicted molar refractivity (Wildman–Crippen MR) is 109 cm³/mol. The smallest absolute Gasteiger partial charge is 0.137 e. The van der Waals surface area contributed by atoms with E-state index in [1.807, 2.05) is 24.3 Å². The molecule has 136 valence electrons. The summed E-state index contributed by atoms with van der Waals surface area (Å²) in [6, 6.07) is 11.6. The third-order valence-corrected chi connectivity index (χ3v) is 4.98. The van der Waals surface area contributed by atoms with Crippen molar-refractivity contribution >= 4 is 31.9 Å². The second kappa shape index (κ2) is 9.57. The number of para-hydroxylation sites is 1. The highest BCUT2D eigenvalue weighted by Crippen LogP contribution is 2.33. The molecule has 2 aromatic carbocycles. The van der Waals surface area contributed by atoms with Gasteiger partial charge in [-0.3, -0.25) is 4.90 Å². The quantitative estimate of drug-likeness (QED) is 0.615. The minimum absolute atomic E-state index is 0.333. The predicted octanol–water partition coefficient (Wildman–Crippen LogP) is 4.49. The minimum Gasteiger partial charge on any atom is -0.508 e. The van der Waals surface area contributed by atoms with Crippen molar-refractivity contribution in [2.75, 3.05) is 34.3 Å². The zero-order valence-corrected chi connectivity index (χ0v) is 18.0. The summed E-state index contributed by atoms with van der Waals surface area (Å²) in [4.78, 5) is 4.47. The van der Waals surface area contributed by atoms with Gasteiger partial charge >= 0.3 is 0 Å². The zero-order valence-electron chi connectivity index (χ0n) is 14.8. The van der Waals surface area contributed by atoms with Crippen LogP contribution in [0.2, 0.25) is 0 Å². The number of ether oxygens (including phenoxy) is 1. The van der Waals surface area contributed by atoms with E-state index in [1.165, 1.54) is 0 Å². The van der Waals surface area contributed by atoms with Crippen LogP contribution in [-0.2, 0) is 13.1 Å². The van der Waals surface area contributed by atoms with Gasteiger partial charge in [0.05, 0.1) is 11.6 Å². The maximum atomic E-state index is 10.1. The molecule has 6 heteroatoms. The molecule has 0 atom stereocenters. The monoisotopic (exact) mass is 470 g/mol. The topological polar surface area (TPSA) is 35.9 Å². The summed E-state index contributed by atoms with van der Waals surface area (Å²) in [5.74, 6) is 1.18. The molecule has 4 nitrogen and oxygen atoms in total. The van der Waals surface area contributed by atoms with Gasteiger partial charge in [0, 0.05) is 41.8 Å². The van der Waals surface area contributed by atoms with E-state index in [-0.39, 0.29) is 0 Å². The van der Waals surface area contributed by atoms with Gasteiger partial charge in [-0.1, -0.05) is 34.1 Å². The summed E-state index contributed by atoms with van der Waals surface area (Å²) in [6.45, 7) is 3.22. The van der Waals surface area contributed by atoms with E-state index in [1.54, 1.807) is 13.2 Å². The second-order valence-electron chi connectivity index (χ2n) is 6.22. The highest BCUT2D eigenvalue weighted by Gasteiger charge is 2.15. The summed E-state index contributed by atoms with van der Waals surface area (Å²) in [5, 5.41) is 10.1. The van der Waals surface area contributed by atoms with Gasteiger partial charge in [-0.2, -0.15) is 0 Å². The summed E-state index contributed by atoms with van der Waals surface area (Å²) in [6.07, 6.45) is 0. The van der Waals surface area contributed by atoms with Gasteiger partial charge in [0.25, 0.3) is 0 Å². The lowest BCUT2D eigenvalue weighted by atomic mass is 10.1. The van der Waals surface area contributed by atoms with Crippen LogP contribution >= 0.6 is 31.9 Å². The van der Waals surface area contributed by atoms with Crippen molar-refractivity contribution < 1.29 is 9.84 Å². The molecule has 2 rings (SSSR count). The van der Waals surface area contributed by atoms with E-state index in [4.69, 9.17) is 4.74 Å². The first kappa shape index (κ1) is 20.2. The Morgan fingerprint density at radius 3 is 2.32 bits per heavy atom. The van der Waals surface area contributed by atoms with Crippen molar-refractivity contribution in [3.63, 3.8) is 0 Å². The first-order chi connectivity index (χ1) is 11.9. The molecule has 0 heterocycles. The number of hydrogen-bond acceptors (Lipinski definition) is 4. The molecule has 2 aromatic rings. The lowest BCUT2D eigenvalue weighted by Gasteiger charge is -2.26. The molecule has 0 saturated heterocycles. The lowest BCUT2D eigenvalue weighted by molar-refractivity contribution is 0.221. The molecule has 0 saturated carbocycles. The molecule has 0 aliphatic carbocycles. The first-order valence-electron chi connectivity index (χ1n) is 8.06. The Morgan fingerprint density at radius 1 is 1.00 bits per heavy atom. The van der Waals surface area contributed by atoms with E-state index >= 15 is 0 Å². The van der Waals surface area contributed by atoms with Crippen molar-refractivity contribution in [1.82, 2.24) is 9.80 Å². The van der Waals surface area contributed by atoms with Crippen molar-refractivity contribution in [2.45, 2.75) is 13.1 Å². The number of phenolic OH excluding ortho intramolecular Hbond substituents is 1. The average Bonchev–Trinajstić information content (AvgIpc) is 2.54. The molecule has 0 aromatic heterocycles. The number of likely N-dealkylation sites (N-methyl/N-ethyl adjacent to an activating group) is 1. The number of aromatic hydroxyl groups is 1. The van der Waals surface area contributed by atoms with E-state index in [9.17, 15) is 5.11 Å². The molecule has 0 amide bonds. The van der Waals surface area contributed by atoms with Crippen LogP contribution in [0, 0.1) is 0 Å². The Bertz CT molecular complexity index is 708. The SMILES string of the molecule is COc1c(Br)cc(Br)cc1CN(CCN(C)C)Cc1ccccc1O.